The lowest BCUT2D eigenvalue weighted by molar-refractivity contribution is 1.18. The van der Waals surface area contributed by atoms with Crippen molar-refractivity contribution < 1.29 is 0 Å². The second-order valence-corrected chi connectivity index (χ2v) is 12.3. The van der Waals surface area contributed by atoms with Gasteiger partial charge in [0.25, 0.3) is 0 Å². The highest BCUT2D eigenvalue weighted by Gasteiger charge is 2.22. The molecule has 0 aliphatic heterocycles. The molecule has 0 aliphatic carbocycles. The first-order valence-electron chi connectivity index (χ1n) is 16.3. The van der Waals surface area contributed by atoms with Gasteiger partial charge >= 0.3 is 0 Å². The van der Waals surface area contributed by atoms with Gasteiger partial charge in [-0.3, -0.25) is 0 Å². The van der Waals surface area contributed by atoms with Crippen LogP contribution in [0.4, 0.5) is 0 Å². The van der Waals surface area contributed by atoms with E-state index in [-0.39, 0.29) is 0 Å². The van der Waals surface area contributed by atoms with Crippen LogP contribution in [0.5, 0.6) is 0 Å². The molecule has 0 spiro atoms. The Morgan fingerprint density at radius 1 is 0.347 bits per heavy atom. The molecule has 8 aromatic carbocycles. The van der Waals surface area contributed by atoms with E-state index in [2.05, 4.69) is 150 Å². The van der Waals surface area contributed by atoms with E-state index in [1.54, 1.807) is 0 Å². The molecule has 0 amide bonds. The fraction of sp³-hybridized carbons (Fsp3) is 0. The number of fused-ring (bicyclic) bond motifs is 5. The Labute approximate surface area is 283 Å². The molecule has 0 saturated carbocycles. The number of nitriles is 2. The molecule has 0 atom stereocenters. The minimum atomic E-state index is 0.380. The topological polar surface area (TPSA) is 52.5 Å². The van der Waals surface area contributed by atoms with Gasteiger partial charge in [-0.25, -0.2) is 0 Å². The van der Waals surface area contributed by atoms with Crippen molar-refractivity contribution in [1.29, 1.82) is 10.5 Å². The Morgan fingerprint density at radius 3 is 1.31 bits per heavy atom. The molecule has 0 aliphatic rings. The maximum atomic E-state index is 10.7. The largest absolute Gasteiger partial charge is 0.309 e. The van der Waals surface area contributed by atoms with Gasteiger partial charge in [0.15, 0.2) is 0 Å². The molecule has 0 radical (unpaired) electrons. The smallest absolute Gasteiger partial charge is 0.101 e. The summed E-state index contributed by atoms with van der Waals surface area (Å²) in [6.07, 6.45) is 0. The van der Waals surface area contributed by atoms with Crippen molar-refractivity contribution in [3.63, 3.8) is 0 Å². The highest BCUT2D eigenvalue weighted by Crippen LogP contribution is 2.45. The zero-order valence-electron chi connectivity index (χ0n) is 26.4. The first kappa shape index (κ1) is 28.3. The molecule has 0 N–H and O–H groups in total. The van der Waals surface area contributed by atoms with Crippen LogP contribution in [0.15, 0.2) is 164 Å². The third-order valence-corrected chi connectivity index (χ3v) is 9.71. The van der Waals surface area contributed by atoms with Gasteiger partial charge in [-0.05, 0) is 68.1 Å². The molecule has 9 aromatic rings. The minimum Gasteiger partial charge on any atom is -0.309 e. The van der Waals surface area contributed by atoms with Crippen LogP contribution >= 0.6 is 0 Å². The average Bonchev–Trinajstić information content (AvgIpc) is 3.51. The Kier molecular flexibility index (Phi) is 6.58. The van der Waals surface area contributed by atoms with Crippen molar-refractivity contribution in [2.24, 2.45) is 0 Å². The van der Waals surface area contributed by atoms with Crippen LogP contribution in [0.25, 0.3) is 82.4 Å². The third-order valence-electron chi connectivity index (χ3n) is 9.71. The van der Waals surface area contributed by atoms with E-state index in [4.69, 9.17) is 0 Å². The first-order valence-corrected chi connectivity index (χ1v) is 16.3. The van der Waals surface area contributed by atoms with Crippen LogP contribution in [0.1, 0.15) is 11.1 Å². The molecule has 9 rings (SSSR count). The van der Waals surface area contributed by atoms with Crippen LogP contribution in [0.2, 0.25) is 0 Å². The van der Waals surface area contributed by atoms with Crippen molar-refractivity contribution in [2.45, 2.75) is 0 Å². The molecule has 1 aromatic heterocycles. The third kappa shape index (κ3) is 4.35. The molecule has 49 heavy (non-hydrogen) atoms. The van der Waals surface area contributed by atoms with Crippen LogP contribution < -0.4 is 0 Å². The van der Waals surface area contributed by atoms with Crippen molar-refractivity contribution >= 4 is 43.4 Å². The van der Waals surface area contributed by atoms with E-state index < -0.39 is 0 Å². The van der Waals surface area contributed by atoms with E-state index in [1.807, 2.05) is 30.3 Å². The van der Waals surface area contributed by atoms with Crippen molar-refractivity contribution in [2.75, 3.05) is 0 Å². The summed E-state index contributed by atoms with van der Waals surface area (Å²) in [6, 6.07) is 61.3. The number of rotatable bonds is 4. The van der Waals surface area contributed by atoms with Gasteiger partial charge in [0.1, 0.15) is 12.1 Å². The monoisotopic (exact) mass is 621 g/mol. The molecule has 0 bridgehead atoms. The van der Waals surface area contributed by atoms with Gasteiger partial charge < -0.3 is 4.57 Å². The molecule has 1 heterocycles. The Hall–Kier alpha value is -6.94. The van der Waals surface area contributed by atoms with Gasteiger partial charge in [0.2, 0.25) is 0 Å². The summed E-state index contributed by atoms with van der Waals surface area (Å²) in [5.74, 6) is 0. The van der Waals surface area contributed by atoms with Gasteiger partial charge in [0, 0.05) is 27.6 Å². The van der Waals surface area contributed by atoms with E-state index in [1.165, 1.54) is 10.8 Å². The lowest BCUT2D eigenvalue weighted by atomic mass is 9.83. The summed E-state index contributed by atoms with van der Waals surface area (Å²) in [5, 5.41) is 28.0. The summed E-state index contributed by atoms with van der Waals surface area (Å²) in [5.41, 5.74) is 9.74. The molecule has 3 nitrogen and oxygen atoms in total. The van der Waals surface area contributed by atoms with Crippen LogP contribution in [0.3, 0.4) is 0 Å². The summed E-state index contributed by atoms with van der Waals surface area (Å²) in [4.78, 5) is 0. The summed E-state index contributed by atoms with van der Waals surface area (Å²) in [7, 11) is 0. The predicted molar refractivity (Wildman–Crippen MR) is 202 cm³/mol. The molecule has 226 valence electrons. The molecule has 0 saturated heterocycles. The van der Waals surface area contributed by atoms with Crippen LogP contribution in [-0.4, -0.2) is 4.57 Å². The number of hydrogen-bond acceptors (Lipinski definition) is 2. The first-order chi connectivity index (χ1) is 24.3. The average molecular weight is 622 g/mol. The van der Waals surface area contributed by atoms with Gasteiger partial charge in [-0.2, -0.15) is 10.5 Å². The van der Waals surface area contributed by atoms with E-state index in [0.717, 1.165) is 71.6 Å². The maximum absolute atomic E-state index is 10.7. The number of aromatic nitrogens is 1. The number of nitrogens with zero attached hydrogens (tertiary/aromatic N) is 3. The molecular weight excluding hydrogens is 595 g/mol. The molecule has 0 unspecified atom stereocenters. The lowest BCUT2D eigenvalue weighted by Gasteiger charge is -2.19. The van der Waals surface area contributed by atoms with Crippen molar-refractivity contribution in [3.8, 4) is 51.2 Å². The van der Waals surface area contributed by atoms with Crippen LogP contribution in [0, 0.1) is 22.7 Å². The van der Waals surface area contributed by atoms with Crippen molar-refractivity contribution in [3.05, 3.63) is 175 Å². The zero-order valence-corrected chi connectivity index (χ0v) is 26.4. The lowest BCUT2D eigenvalue weighted by Crippen LogP contribution is -1.97. The Balaban J connectivity index is 1.23. The number of para-hydroxylation sites is 2. The van der Waals surface area contributed by atoms with Gasteiger partial charge in [-0.15, -0.1) is 0 Å². The second kappa shape index (κ2) is 11.4. The Morgan fingerprint density at radius 2 is 0.776 bits per heavy atom. The molecule has 3 heteroatoms. The summed E-state index contributed by atoms with van der Waals surface area (Å²) >= 11 is 0. The Bertz CT molecular complexity index is 2720. The predicted octanol–water partition coefficient (Wildman–Crippen LogP) is 11.8. The fourth-order valence-electron chi connectivity index (χ4n) is 7.61. The quantitative estimate of drug-likeness (QED) is 0.184. The fourth-order valence-corrected chi connectivity index (χ4v) is 7.61. The highest BCUT2D eigenvalue weighted by atomic mass is 15.0. The standard InChI is InChI=1S/C46H27N3/c47-28-41-33(30-22-24-32(25-23-30)49-43-20-10-8-14-34(43)35-15-9-11-21-44(35)49)26-27-40(42(41)29-48)46-38-18-6-4-16-36(38)45(31-12-2-1-3-13-31)37-17-5-7-19-39(37)46/h1-27H. The van der Waals surface area contributed by atoms with Gasteiger partial charge in [-0.1, -0.05) is 140 Å². The van der Waals surface area contributed by atoms with E-state index >= 15 is 0 Å². The van der Waals surface area contributed by atoms with E-state index in [0.29, 0.717) is 11.1 Å². The number of hydrogen-bond donors (Lipinski definition) is 0. The van der Waals surface area contributed by atoms with Crippen molar-refractivity contribution in [1.82, 2.24) is 4.57 Å². The van der Waals surface area contributed by atoms with Gasteiger partial charge in [0.05, 0.1) is 22.2 Å². The summed E-state index contributed by atoms with van der Waals surface area (Å²) in [6.45, 7) is 0. The normalized spacial score (nSPS) is 11.2. The second-order valence-electron chi connectivity index (χ2n) is 12.3. The SMILES string of the molecule is N#Cc1c(-c2ccc(-n3c4ccccc4c4ccccc43)cc2)ccc(-c2c3ccccc3c(-c3ccccc3)c3ccccc23)c1C#N. The molecule has 0 fully saturated rings. The minimum absolute atomic E-state index is 0.380. The van der Waals surface area contributed by atoms with E-state index in [9.17, 15) is 10.5 Å². The van der Waals surface area contributed by atoms with Crippen LogP contribution in [-0.2, 0) is 0 Å². The molecular formula is C46H27N3. The zero-order chi connectivity index (χ0) is 32.9. The highest BCUT2D eigenvalue weighted by molar-refractivity contribution is 6.22. The summed E-state index contributed by atoms with van der Waals surface area (Å²) < 4.78 is 2.28. The maximum Gasteiger partial charge on any atom is 0.101 e. The number of benzene rings is 8.